The highest BCUT2D eigenvalue weighted by atomic mass is 16.5. The second-order valence-electron chi connectivity index (χ2n) is 10.3. The number of anilines is 1. The summed E-state index contributed by atoms with van der Waals surface area (Å²) < 4.78 is 9.69. The van der Waals surface area contributed by atoms with E-state index in [0.29, 0.717) is 67.6 Å². The zero-order chi connectivity index (χ0) is 29.5. The maximum absolute atomic E-state index is 13.2. The smallest absolute Gasteiger partial charge is 0.276 e. The third-order valence-corrected chi connectivity index (χ3v) is 7.09. The number of hydrogen-bond donors (Lipinski definition) is 3. The lowest BCUT2D eigenvalue weighted by Gasteiger charge is -2.28. The predicted octanol–water partition coefficient (Wildman–Crippen LogP) is 1.45. The molecule has 41 heavy (non-hydrogen) atoms. The number of hydrogen-bond acceptors (Lipinski definition) is 8. The Morgan fingerprint density at radius 2 is 1.93 bits per heavy atom. The summed E-state index contributed by atoms with van der Waals surface area (Å²) >= 11 is 0. The van der Waals surface area contributed by atoms with Gasteiger partial charge in [0.25, 0.3) is 5.91 Å². The quantitative estimate of drug-likeness (QED) is 0.263. The molecule has 3 aromatic rings. The summed E-state index contributed by atoms with van der Waals surface area (Å²) in [5.74, 6) is -0.0646. The first-order valence-electron chi connectivity index (χ1n) is 14.2. The predicted molar refractivity (Wildman–Crippen MR) is 156 cm³/mol. The van der Waals surface area contributed by atoms with Crippen molar-refractivity contribution in [2.75, 3.05) is 58.2 Å². The second kappa shape index (κ2) is 13.6. The summed E-state index contributed by atoms with van der Waals surface area (Å²) in [7, 11) is 1.80. The molecule has 13 heteroatoms. The summed E-state index contributed by atoms with van der Waals surface area (Å²) in [6, 6.07) is 4.95. The number of carbonyl (C=O) groups is 3. The number of imidazole rings is 1. The largest absolute Gasteiger partial charge is 0.491 e. The van der Waals surface area contributed by atoms with Gasteiger partial charge in [0, 0.05) is 58.4 Å². The molecule has 1 aliphatic heterocycles. The molecule has 1 aliphatic rings. The van der Waals surface area contributed by atoms with Gasteiger partial charge in [-0.1, -0.05) is 6.92 Å². The van der Waals surface area contributed by atoms with E-state index in [4.69, 9.17) is 10.5 Å². The highest BCUT2D eigenvalue weighted by molar-refractivity contribution is 6.04. The summed E-state index contributed by atoms with van der Waals surface area (Å²) in [6.45, 7) is 11.7. The molecule has 0 radical (unpaired) electrons. The van der Waals surface area contributed by atoms with Crippen LogP contribution in [-0.2, 0) is 17.9 Å². The van der Waals surface area contributed by atoms with Crippen LogP contribution in [0.2, 0.25) is 0 Å². The molecule has 0 saturated carbocycles. The lowest BCUT2D eigenvalue weighted by atomic mass is 10.1. The molecule has 0 unspecified atom stereocenters. The molecule has 0 bridgehead atoms. The van der Waals surface area contributed by atoms with Gasteiger partial charge in [0.15, 0.2) is 0 Å². The average molecular weight is 568 g/mol. The fraction of sp³-hybridized carbons (Fsp3) is 0.536. The molecule has 1 aromatic carbocycles. The summed E-state index contributed by atoms with van der Waals surface area (Å²) in [5, 5.41) is 10.6. The molecule has 13 nitrogen and oxygen atoms in total. The molecular weight excluding hydrogens is 526 g/mol. The Labute approximate surface area is 240 Å². The van der Waals surface area contributed by atoms with Crippen molar-refractivity contribution >= 4 is 34.7 Å². The number of nitrogens with one attached hydrogen (secondary N) is 2. The maximum atomic E-state index is 13.2. The minimum absolute atomic E-state index is 0.0750. The van der Waals surface area contributed by atoms with Gasteiger partial charge in [0.1, 0.15) is 17.0 Å². The van der Waals surface area contributed by atoms with Gasteiger partial charge in [-0.2, -0.15) is 5.10 Å². The number of fused-ring (bicyclic) bond motifs is 1. The van der Waals surface area contributed by atoms with Crippen LogP contribution >= 0.6 is 0 Å². The molecular formula is C28H41N9O4. The molecule has 0 aliphatic carbocycles. The molecule has 0 spiro atoms. The molecule has 3 amide bonds. The first kappa shape index (κ1) is 30.0. The van der Waals surface area contributed by atoms with Gasteiger partial charge >= 0.3 is 0 Å². The first-order chi connectivity index (χ1) is 19.7. The normalized spacial score (nSPS) is 13.9. The van der Waals surface area contributed by atoms with Crippen LogP contribution in [0, 0.1) is 6.92 Å². The zero-order valence-electron chi connectivity index (χ0n) is 24.4. The van der Waals surface area contributed by atoms with Gasteiger partial charge in [0.2, 0.25) is 17.8 Å². The van der Waals surface area contributed by atoms with Crippen LogP contribution in [-0.4, -0.2) is 99.8 Å². The van der Waals surface area contributed by atoms with Crippen molar-refractivity contribution in [3.63, 3.8) is 0 Å². The van der Waals surface area contributed by atoms with Gasteiger partial charge in [0.05, 0.1) is 24.4 Å². The second-order valence-corrected chi connectivity index (χ2v) is 10.3. The molecule has 222 valence electrons. The topological polar surface area (TPSA) is 153 Å². The van der Waals surface area contributed by atoms with Crippen LogP contribution in [0.25, 0.3) is 11.0 Å². The van der Waals surface area contributed by atoms with Crippen molar-refractivity contribution < 1.29 is 19.1 Å². The van der Waals surface area contributed by atoms with E-state index in [1.165, 1.54) is 0 Å². The van der Waals surface area contributed by atoms with E-state index in [-0.39, 0.29) is 17.4 Å². The molecule has 0 atom stereocenters. The number of benzene rings is 1. The number of nitrogens with two attached hydrogens (primary N) is 1. The highest BCUT2D eigenvalue weighted by Gasteiger charge is 2.22. The monoisotopic (exact) mass is 567 g/mol. The number of aromatic nitrogens is 4. The molecule has 4 rings (SSSR count). The fourth-order valence-corrected chi connectivity index (χ4v) is 4.94. The van der Waals surface area contributed by atoms with Crippen molar-refractivity contribution in [1.29, 1.82) is 0 Å². The van der Waals surface area contributed by atoms with Crippen molar-refractivity contribution in [3.05, 3.63) is 35.2 Å². The summed E-state index contributed by atoms with van der Waals surface area (Å²) in [6.07, 6.45) is 1.37. The molecule has 4 N–H and O–H groups in total. The molecule has 2 aromatic heterocycles. The van der Waals surface area contributed by atoms with E-state index < -0.39 is 5.91 Å². The molecule has 3 heterocycles. The highest BCUT2D eigenvalue weighted by Crippen LogP contribution is 2.31. The van der Waals surface area contributed by atoms with Crippen LogP contribution in [0.1, 0.15) is 53.2 Å². The Bertz CT molecular complexity index is 1390. The SMILES string of the molecule is CCCn1c(NC(=O)c2cc(C)nn2CC)nc2cc(C(N)=O)cc(OCCCN(C)C(=O)CN3CCNCC3)c21. The van der Waals surface area contributed by atoms with Gasteiger partial charge in [-0.3, -0.25) is 29.3 Å². The van der Waals surface area contributed by atoms with Crippen molar-refractivity contribution in [1.82, 2.24) is 34.4 Å². The number of aryl methyl sites for hydroxylation is 3. The third-order valence-electron chi connectivity index (χ3n) is 7.09. The average Bonchev–Trinajstić information content (AvgIpc) is 3.51. The Morgan fingerprint density at radius 1 is 1.17 bits per heavy atom. The van der Waals surface area contributed by atoms with Crippen LogP contribution in [0.15, 0.2) is 18.2 Å². The number of carbonyl (C=O) groups excluding carboxylic acids is 3. The van der Waals surface area contributed by atoms with Crippen LogP contribution in [0.4, 0.5) is 5.95 Å². The van der Waals surface area contributed by atoms with Crippen molar-refractivity contribution in [3.8, 4) is 5.75 Å². The lowest BCUT2D eigenvalue weighted by molar-refractivity contribution is -0.131. The Kier molecular flexibility index (Phi) is 9.95. The summed E-state index contributed by atoms with van der Waals surface area (Å²) in [5.41, 5.74) is 8.21. The van der Waals surface area contributed by atoms with Gasteiger partial charge in [-0.05, 0) is 44.9 Å². The van der Waals surface area contributed by atoms with Crippen molar-refractivity contribution in [2.45, 2.75) is 46.7 Å². The van der Waals surface area contributed by atoms with E-state index in [9.17, 15) is 14.4 Å². The van der Waals surface area contributed by atoms with E-state index in [1.54, 1.807) is 34.8 Å². The van der Waals surface area contributed by atoms with E-state index in [0.717, 1.165) is 38.3 Å². The summed E-state index contributed by atoms with van der Waals surface area (Å²) in [4.78, 5) is 46.5. The fourth-order valence-electron chi connectivity index (χ4n) is 4.94. The van der Waals surface area contributed by atoms with Gasteiger partial charge < -0.3 is 25.3 Å². The van der Waals surface area contributed by atoms with E-state index in [2.05, 4.69) is 25.6 Å². The van der Waals surface area contributed by atoms with Crippen LogP contribution in [0.3, 0.4) is 0 Å². The number of primary amides is 1. The lowest BCUT2D eigenvalue weighted by Crippen LogP contribution is -2.48. The Morgan fingerprint density at radius 3 is 2.61 bits per heavy atom. The van der Waals surface area contributed by atoms with Crippen LogP contribution < -0.4 is 21.1 Å². The number of nitrogens with zero attached hydrogens (tertiary/aromatic N) is 6. The Balaban J connectivity index is 1.51. The number of amides is 3. The molecule has 1 saturated heterocycles. The number of ether oxygens (including phenoxy) is 1. The molecule has 1 fully saturated rings. The van der Waals surface area contributed by atoms with Crippen molar-refractivity contribution in [2.24, 2.45) is 5.73 Å². The number of rotatable bonds is 13. The number of piperazine rings is 1. The van der Waals surface area contributed by atoms with Crippen LogP contribution in [0.5, 0.6) is 5.75 Å². The van der Waals surface area contributed by atoms with Gasteiger partial charge in [-0.15, -0.1) is 0 Å². The van der Waals surface area contributed by atoms with Gasteiger partial charge in [-0.25, -0.2) is 4.98 Å². The van der Waals surface area contributed by atoms with E-state index in [1.807, 2.05) is 25.3 Å². The zero-order valence-corrected chi connectivity index (χ0v) is 24.4. The van der Waals surface area contributed by atoms with E-state index >= 15 is 0 Å². The standard InChI is InChI=1S/C28H41N9O4/c1-5-10-36-25-21(31-28(36)32-27(40)22-15-19(3)33-37(22)6-2)16-20(26(29)39)17-23(25)41-14-7-11-34(4)24(38)18-35-12-8-30-9-13-35/h15-17,30H,5-14,18H2,1-4H3,(H2,29,39)(H,31,32,40). The minimum Gasteiger partial charge on any atom is -0.491 e. The Hall–Kier alpha value is -3.97. The maximum Gasteiger partial charge on any atom is 0.276 e. The first-order valence-corrected chi connectivity index (χ1v) is 14.2. The third kappa shape index (κ3) is 7.22. The minimum atomic E-state index is -0.604. The number of likely N-dealkylation sites (N-methyl/N-ethyl adjacent to an activating group) is 1.